The van der Waals surface area contributed by atoms with Gasteiger partial charge in [-0.05, 0) is 30.9 Å². The third-order valence-corrected chi connectivity index (χ3v) is 5.05. The molecule has 1 aliphatic rings. The SMILES string of the molecule is CC[C@H](C)CNC(=O)c1nc([C@H]2CCCN2C(C)=O)n2ccccc12. The summed E-state index contributed by atoms with van der Waals surface area (Å²) in [5.41, 5.74) is 1.23. The Morgan fingerprint density at radius 2 is 2.20 bits per heavy atom. The lowest BCUT2D eigenvalue weighted by Gasteiger charge is -2.22. The predicted octanol–water partition coefficient (Wildman–Crippen LogP) is 2.79. The number of likely N-dealkylation sites (tertiary alicyclic amines) is 1. The molecule has 25 heavy (non-hydrogen) atoms. The molecule has 2 aromatic heterocycles. The van der Waals surface area contributed by atoms with Crippen molar-refractivity contribution in [2.45, 2.75) is 46.1 Å². The molecule has 6 nitrogen and oxygen atoms in total. The second kappa shape index (κ2) is 7.25. The van der Waals surface area contributed by atoms with E-state index in [0.29, 0.717) is 18.2 Å². The normalized spacial score (nSPS) is 18.5. The number of hydrogen-bond acceptors (Lipinski definition) is 3. The molecule has 1 aliphatic heterocycles. The van der Waals surface area contributed by atoms with Crippen LogP contribution in [0, 0.1) is 5.92 Å². The summed E-state index contributed by atoms with van der Waals surface area (Å²) in [5.74, 6) is 1.11. The van der Waals surface area contributed by atoms with Crippen molar-refractivity contribution in [3.63, 3.8) is 0 Å². The van der Waals surface area contributed by atoms with Gasteiger partial charge in [-0.1, -0.05) is 26.3 Å². The Morgan fingerprint density at radius 3 is 2.92 bits per heavy atom. The largest absolute Gasteiger partial charge is 0.350 e. The number of hydrogen-bond donors (Lipinski definition) is 1. The van der Waals surface area contributed by atoms with Gasteiger partial charge in [-0.3, -0.25) is 9.59 Å². The van der Waals surface area contributed by atoms with Crippen molar-refractivity contribution in [3.8, 4) is 0 Å². The van der Waals surface area contributed by atoms with Crippen molar-refractivity contribution < 1.29 is 9.59 Å². The number of aromatic nitrogens is 2. The first-order valence-electron chi connectivity index (χ1n) is 9.05. The number of fused-ring (bicyclic) bond motifs is 1. The van der Waals surface area contributed by atoms with E-state index in [2.05, 4.69) is 24.1 Å². The van der Waals surface area contributed by atoms with Crippen molar-refractivity contribution >= 4 is 17.3 Å². The topological polar surface area (TPSA) is 66.7 Å². The van der Waals surface area contributed by atoms with E-state index in [1.165, 1.54) is 0 Å². The van der Waals surface area contributed by atoms with E-state index in [0.717, 1.165) is 37.1 Å². The van der Waals surface area contributed by atoms with Gasteiger partial charge in [0.25, 0.3) is 5.91 Å². The molecule has 1 fully saturated rings. The number of nitrogens with zero attached hydrogens (tertiary/aromatic N) is 3. The van der Waals surface area contributed by atoms with E-state index >= 15 is 0 Å². The molecule has 0 spiro atoms. The van der Waals surface area contributed by atoms with Gasteiger partial charge in [0.1, 0.15) is 5.82 Å². The number of amides is 2. The van der Waals surface area contributed by atoms with Crippen LogP contribution in [0.1, 0.15) is 62.4 Å². The molecule has 1 saturated heterocycles. The molecule has 0 bridgehead atoms. The zero-order chi connectivity index (χ0) is 18.0. The number of carbonyl (C=O) groups excluding carboxylic acids is 2. The molecule has 2 aromatic rings. The standard InChI is InChI=1S/C19H26N4O2/c1-4-13(2)12-20-19(25)17-15-8-5-6-10-23(15)18(21-17)16-9-7-11-22(16)14(3)24/h5-6,8,10,13,16H,4,7,9,11-12H2,1-3H3,(H,20,25)/t13-,16+/m0/s1. The van der Waals surface area contributed by atoms with Crippen LogP contribution in [0.2, 0.25) is 0 Å². The smallest absolute Gasteiger partial charge is 0.272 e. The Kier molecular flexibility index (Phi) is 5.06. The molecule has 3 heterocycles. The minimum atomic E-state index is -0.150. The maximum atomic E-state index is 12.7. The molecule has 0 saturated carbocycles. The zero-order valence-corrected chi connectivity index (χ0v) is 15.2. The molecule has 0 aliphatic carbocycles. The van der Waals surface area contributed by atoms with Crippen molar-refractivity contribution in [1.82, 2.24) is 19.6 Å². The van der Waals surface area contributed by atoms with Crippen LogP contribution < -0.4 is 5.32 Å². The summed E-state index contributed by atoms with van der Waals surface area (Å²) >= 11 is 0. The van der Waals surface area contributed by atoms with Crippen LogP contribution >= 0.6 is 0 Å². The van der Waals surface area contributed by atoms with Gasteiger partial charge < -0.3 is 14.6 Å². The number of imidazole rings is 1. The van der Waals surface area contributed by atoms with E-state index in [1.807, 2.05) is 33.7 Å². The number of rotatable bonds is 5. The van der Waals surface area contributed by atoms with Crippen molar-refractivity contribution in [2.75, 3.05) is 13.1 Å². The van der Waals surface area contributed by atoms with E-state index in [4.69, 9.17) is 0 Å². The molecule has 0 aromatic carbocycles. The van der Waals surface area contributed by atoms with Gasteiger partial charge in [0.15, 0.2) is 5.69 Å². The summed E-state index contributed by atoms with van der Waals surface area (Å²) in [5, 5.41) is 2.98. The highest BCUT2D eigenvalue weighted by Crippen LogP contribution is 2.32. The van der Waals surface area contributed by atoms with Gasteiger partial charge in [-0.15, -0.1) is 0 Å². The quantitative estimate of drug-likeness (QED) is 0.908. The van der Waals surface area contributed by atoms with Crippen LogP contribution in [0.25, 0.3) is 5.52 Å². The molecule has 0 unspecified atom stereocenters. The summed E-state index contributed by atoms with van der Waals surface area (Å²) in [6, 6.07) is 5.67. The minimum Gasteiger partial charge on any atom is -0.350 e. The number of pyridine rings is 1. The van der Waals surface area contributed by atoms with Crippen LogP contribution in [-0.4, -0.2) is 39.2 Å². The average Bonchev–Trinajstić information content (AvgIpc) is 3.23. The van der Waals surface area contributed by atoms with Gasteiger partial charge in [-0.2, -0.15) is 0 Å². The summed E-state index contributed by atoms with van der Waals surface area (Å²) in [7, 11) is 0. The lowest BCUT2D eigenvalue weighted by atomic mass is 10.1. The first kappa shape index (κ1) is 17.5. The number of nitrogens with one attached hydrogen (secondary N) is 1. The molecule has 6 heteroatoms. The monoisotopic (exact) mass is 342 g/mol. The molecule has 3 rings (SSSR count). The maximum absolute atomic E-state index is 12.7. The third kappa shape index (κ3) is 3.38. The van der Waals surface area contributed by atoms with Crippen LogP contribution in [0.3, 0.4) is 0 Å². The van der Waals surface area contributed by atoms with Crippen molar-refractivity contribution in [2.24, 2.45) is 5.92 Å². The highest BCUT2D eigenvalue weighted by molar-refractivity contribution is 5.99. The van der Waals surface area contributed by atoms with Crippen molar-refractivity contribution in [3.05, 3.63) is 35.9 Å². The average molecular weight is 342 g/mol. The molecule has 0 radical (unpaired) electrons. The summed E-state index contributed by atoms with van der Waals surface area (Å²) in [6.45, 7) is 7.20. The van der Waals surface area contributed by atoms with E-state index in [1.54, 1.807) is 6.92 Å². The van der Waals surface area contributed by atoms with Gasteiger partial charge in [0.2, 0.25) is 5.91 Å². The fraction of sp³-hybridized carbons (Fsp3) is 0.526. The molecule has 2 amide bonds. The Balaban J connectivity index is 1.96. The van der Waals surface area contributed by atoms with Gasteiger partial charge in [0, 0.05) is 26.2 Å². The Bertz CT molecular complexity index is 783. The van der Waals surface area contributed by atoms with E-state index in [9.17, 15) is 9.59 Å². The van der Waals surface area contributed by atoms with Gasteiger partial charge >= 0.3 is 0 Å². The molecule has 2 atom stereocenters. The van der Waals surface area contributed by atoms with Crippen LogP contribution in [0.5, 0.6) is 0 Å². The second-order valence-electron chi connectivity index (χ2n) is 6.87. The summed E-state index contributed by atoms with van der Waals surface area (Å²) in [6.07, 6.45) is 4.77. The molecule has 1 N–H and O–H groups in total. The van der Waals surface area contributed by atoms with Crippen molar-refractivity contribution in [1.29, 1.82) is 0 Å². The first-order chi connectivity index (χ1) is 12.0. The minimum absolute atomic E-state index is 0.0537. The number of carbonyl (C=O) groups is 2. The fourth-order valence-corrected chi connectivity index (χ4v) is 3.37. The Morgan fingerprint density at radius 1 is 1.40 bits per heavy atom. The summed E-state index contributed by atoms with van der Waals surface area (Å²) < 4.78 is 1.95. The Labute approximate surface area is 148 Å². The molecular formula is C19H26N4O2. The fourth-order valence-electron chi connectivity index (χ4n) is 3.37. The third-order valence-electron chi connectivity index (χ3n) is 5.05. The van der Waals surface area contributed by atoms with Gasteiger partial charge in [-0.25, -0.2) is 4.98 Å². The van der Waals surface area contributed by atoms with E-state index < -0.39 is 0 Å². The summed E-state index contributed by atoms with van der Waals surface area (Å²) in [4.78, 5) is 31.1. The van der Waals surface area contributed by atoms with Crippen LogP contribution in [0.4, 0.5) is 0 Å². The lowest BCUT2D eigenvalue weighted by Crippen LogP contribution is -2.30. The van der Waals surface area contributed by atoms with E-state index in [-0.39, 0.29) is 17.9 Å². The predicted molar refractivity (Wildman–Crippen MR) is 96.3 cm³/mol. The molecule has 134 valence electrons. The van der Waals surface area contributed by atoms with Crippen LogP contribution in [0.15, 0.2) is 24.4 Å². The lowest BCUT2D eigenvalue weighted by molar-refractivity contribution is -0.129. The Hall–Kier alpha value is -2.37. The van der Waals surface area contributed by atoms with Gasteiger partial charge in [0.05, 0.1) is 11.6 Å². The highest BCUT2D eigenvalue weighted by atomic mass is 16.2. The molecular weight excluding hydrogens is 316 g/mol. The highest BCUT2D eigenvalue weighted by Gasteiger charge is 2.32. The second-order valence-corrected chi connectivity index (χ2v) is 6.87. The maximum Gasteiger partial charge on any atom is 0.272 e. The zero-order valence-electron chi connectivity index (χ0n) is 15.2. The van der Waals surface area contributed by atoms with Crippen LogP contribution in [-0.2, 0) is 4.79 Å². The first-order valence-corrected chi connectivity index (χ1v) is 9.05.